The van der Waals surface area contributed by atoms with Crippen LogP contribution in [0.2, 0.25) is 5.02 Å². The molecule has 2 aromatic carbocycles. The molecule has 2 amide bonds. The zero-order valence-electron chi connectivity index (χ0n) is 18.0. The summed E-state index contributed by atoms with van der Waals surface area (Å²) in [4.78, 5) is 13.9. The van der Waals surface area contributed by atoms with Gasteiger partial charge in [0.05, 0.1) is 26.0 Å². The third-order valence-corrected chi connectivity index (χ3v) is 5.44. The van der Waals surface area contributed by atoms with E-state index in [1.54, 1.807) is 31.4 Å². The molecule has 0 fully saturated rings. The highest BCUT2D eigenvalue weighted by Crippen LogP contribution is 2.19. The molecule has 1 atom stereocenters. The maximum absolute atomic E-state index is 12.6. The number of methoxy groups -OCH3 is 1. The highest BCUT2D eigenvalue weighted by atomic mass is 35.5. The first-order valence-electron chi connectivity index (χ1n) is 9.90. The summed E-state index contributed by atoms with van der Waals surface area (Å²) in [6, 6.07) is 13.1. The van der Waals surface area contributed by atoms with Crippen molar-refractivity contribution in [3.8, 4) is 5.75 Å². The molecular weight excluding hydrogens is 470 g/mol. The van der Waals surface area contributed by atoms with E-state index < -0.39 is 22.1 Å². The van der Waals surface area contributed by atoms with Crippen molar-refractivity contribution in [2.45, 2.75) is 19.0 Å². The van der Waals surface area contributed by atoms with Gasteiger partial charge in [-0.3, -0.25) is 0 Å². The van der Waals surface area contributed by atoms with Crippen molar-refractivity contribution in [3.05, 3.63) is 64.9 Å². The Morgan fingerprint density at radius 2 is 1.85 bits per heavy atom. The minimum Gasteiger partial charge on any atom is -0.497 e. The van der Waals surface area contributed by atoms with E-state index >= 15 is 0 Å². The number of aromatic nitrogens is 4. The predicted molar refractivity (Wildman–Crippen MR) is 124 cm³/mol. The lowest BCUT2D eigenvalue weighted by atomic mass is 10.1. The van der Waals surface area contributed by atoms with E-state index in [9.17, 15) is 13.2 Å². The summed E-state index contributed by atoms with van der Waals surface area (Å²) in [5.74, 6) is 1.00. The Bertz CT molecular complexity index is 1170. The van der Waals surface area contributed by atoms with Gasteiger partial charge in [-0.2, -0.15) is 4.80 Å². The molecule has 33 heavy (non-hydrogen) atoms. The number of hydrogen-bond acceptors (Lipinski definition) is 7. The second-order valence-electron chi connectivity index (χ2n) is 7.12. The Kier molecular flexibility index (Phi) is 8.20. The first kappa shape index (κ1) is 24.4. The van der Waals surface area contributed by atoms with Gasteiger partial charge < -0.3 is 15.4 Å². The monoisotopic (exact) mass is 493 g/mol. The number of tetrazole rings is 1. The highest BCUT2D eigenvalue weighted by Gasteiger charge is 2.21. The van der Waals surface area contributed by atoms with E-state index in [0.717, 1.165) is 11.8 Å². The molecular formula is C20H24ClN7O4S. The molecule has 0 saturated heterocycles. The SMILES string of the molecule is COc1ccc(CC(NC(=O)Nc2ccc(Cl)cc2)c2nnn(CCNS(C)(=O)=O)n2)cc1. The Balaban J connectivity index is 1.73. The summed E-state index contributed by atoms with van der Waals surface area (Å²) in [7, 11) is -1.74. The number of benzene rings is 2. The zero-order chi connectivity index (χ0) is 23.8. The van der Waals surface area contributed by atoms with Crippen LogP contribution in [-0.2, 0) is 23.0 Å². The average molecular weight is 494 g/mol. The van der Waals surface area contributed by atoms with E-state index in [-0.39, 0.29) is 18.9 Å². The number of carbonyl (C=O) groups excluding carboxylic acids is 1. The molecule has 1 heterocycles. The number of anilines is 1. The van der Waals surface area contributed by atoms with Gasteiger partial charge in [0.1, 0.15) is 5.75 Å². The summed E-state index contributed by atoms with van der Waals surface area (Å²) in [5.41, 5.74) is 1.49. The summed E-state index contributed by atoms with van der Waals surface area (Å²) in [6.45, 7) is 0.300. The lowest BCUT2D eigenvalue weighted by Crippen LogP contribution is -2.34. The van der Waals surface area contributed by atoms with Gasteiger partial charge in [0, 0.05) is 23.7 Å². The molecule has 1 unspecified atom stereocenters. The van der Waals surface area contributed by atoms with Gasteiger partial charge in [-0.15, -0.1) is 10.2 Å². The lowest BCUT2D eigenvalue weighted by molar-refractivity contribution is 0.248. The molecule has 176 valence electrons. The number of amides is 2. The van der Waals surface area contributed by atoms with Crippen LogP contribution in [0.5, 0.6) is 5.75 Å². The average Bonchev–Trinajstić information content (AvgIpc) is 3.23. The minimum atomic E-state index is -3.32. The Labute approximate surface area is 196 Å². The van der Waals surface area contributed by atoms with Crippen LogP contribution in [0.4, 0.5) is 10.5 Å². The number of carbonyl (C=O) groups is 1. The van der Waals surface area contributed by atoms with Gasteiger partial charge in [-0.1, -0.05) is 23.7 Å². The topological polar surface area (TPSA) is 140 Å². The molecule has 0 aliphatic rings. The van der Waals surface area contributed by atoms with Gasteiger partial charge in [-0.25, -0.2) is 17.9 Å². The van der Waals surface area contributed by atoms with Gasteiger partial charge in [0.2, 0.25) is 10.0 Å². The fraction of sp³-hybridized carbons (Fsp3) is 0.300. The quantitative estimate of drug-likeness (QED) is 0.392. The van der Waals surface area contributed by atoms with Gasteiger partial charge >= 0.3 is 6.03 Å². The van der Waals surface area contributed by atoms with Crippen LogP contribution < -0.4 is 20.1 Å². The number of urea groups is 1. The number of hydrogen-bond donors (Lipinski definition) is 3. The summed E-state index contributed by atoms with van der Waals surface area (Å²) in [5, 5.41) is 18.5. The van der Waals surface area contributed by atoms with Crippen LogP contribution >= 0.6 is 11.6 Å². The molecule has 0 aliphatic carbocycles. The van der Waals surface area contributed by atoms with E-state index in [1.807, 2.05) is 24.3 Å². The lowest BCUT2D eigenvalue weighted by Gasteiger charge is -2.16. The fourth-order valence-corrected chi connectivity index (χ4v) is 3.47. The zero-order valence-corrected chi connectivity index (χ0v) is 19.6. The van der Waals surface area contributed by atoms with E-state index in [2.05, 4.69) is 30.8 Å². The maximum Gasteiger partial charge on any atom is 0.319 e. The van der Waals surface area contributed by atoms with Crippen LogP contribution in [0.1, 0.15) is 17.4 Å². The maximum atomic E-state index is 12.6. The van der Waals surface area contributed by atoms with Crippen molar-refractivity contribution in [2.75, 3.05) is 25.2 Å². The number of nitrogens with zero attached hydrogens (tertiary/aromatic N) is 4. The molecule has 3 N–H and O–H groups in total. The van der Waals surface area contributed by atoms with Crippen LogP contribution in [0.25, 0.3) is 0 Å². The molecule has 0 saturated carbocycles. The molecule has 13 heteroatoms. The van der Waals surface area contributed by atoms with Crippen molar-refractivity contribution < 1.29 is 17.9 Å². The van der Waals surface area contributed by atoms with Crippen molar-refractivity contribution >= 4 is 33.3 Å². The molecule has 0 radical (unpaired) electrons. The standard InChI is InChI=1S/C20H24ClN7O4S/c1-32-17-9-3-14(4-10-17)13-18(24-20(29)23-16-7-5-15(21)6-8-16)19-25-27-28(26-19)12-11-22-33(2,30)31/h3-10,18,22H,11-13H2,1-2H3,(H2,23,24,29). The number of nitrogens with one attached hydrogen (secondary N) is 3. The molecule has 0 spiro atoms. The second kappa shape index (κ2) is 11.1. The molecule has 3 aromatic rings. The third kappa shape index (κ3) is 8.00. The Hall–Kier alpha value is -3.22. The number of sulfonamides is 1. The number of halogens is 1. The van der Waals surface area contributed by atoms with Crippen LogP contribution in [0.3, 0.4) is 0 Å². The molecule has 0 aliphatic heterocycles. The van der Waals surface area contributed by atoms with Crippen molar-refractivity contribution in [1.29, 1.82) is 0 Å². The van der Waals surface area contributed by atoms with Gasteiger partial charge in [-0.05, 0) is 47.2 Å². The van der Waals surface area contributed by atoms with Crippen molar-refractivity contribution in [3.63, 3.8) is 0 Å². The molecule has 0 bridgehead atoms. The van der Waals surface area contributed by atoms with E-state index in [4.69, 9.17) is 16.3 Å². The summed E-state index contributed by atoms with van der Waals surface area (Å²) < 4.78 is 30.0. The molecule has 11 nitrogen and oxygen atoms in total. The second-order valence-corrected chi connectivity index (χ2v) is 9.39. The minimum absolute atomic E-state index is 0.113. The summed E-state index contributed by atoms with van der Waals surface area (Å²) >= 11 is 5.89. The summed E-state index contributed by atoms with van der Waals surface area (Å²) in [6.07, 6.45) is 1.46. The largest absolute Gasteiger partial charge is 0.497 e. The third-order valence-electron chi connectivity index (χ3n) is 4.46. The van der Waals surface area contributed by atoms with Crippen LogP contribution in [-0.4, -0.2) is 54.6 Å². The first-order valence-corrected chi connectivity index (χ1v) is 12.2. The first-order chi connectivity index (χ1) is 15.7. The Morgan fingerprint density at radius 1 is 1.15 bits per heavy atom. The predicted octanol–water partition coefficient (Wildman–Crippen LogP) is 1.99. The normalized spacial score (nSPS) is 12.2. The van der Waals surface area contributed by atoms with E-state index in [0.29, 0.717) is 22.9 Å². The van der Waals surface area contributed by atoms with Gasteiger partial charge in [0.15, 0.2) is 5.82 Å². The number of rotatable bonds is 10. The van der Waals surface area contributed by atoms with Crippen molar-refractivity contribution in [2.24, 2.45) is 0 Å². The van der Waals surface area contributed by atoms with E-state index in [1.165, 1.54) is 4.80 Å². The highest BCUT2D eigenvalue weighted by molar-refractivity contribution is 7.88. The van der Waals surface area contributed by atoms with Crippen LogP contribution in [0.15, 0.2) is 48.5 Å². The van der Waals surface area contributed by atoms with Gasteiger partial charge in [0.25, 0.3) is 0 Å². The molecule has 1 aromatic heterocycles. The smallest absolute Gasteiger partial charge is 0.319 e. The van der Waals surface area contributed by atoms with Crippen molar-refractivity contribution in [1.82, 2.24) is 30.2 Å². The Morgan fingerprint density at radius 3 is 2.48 bits per heavy atom. The fourth-order valence-electron chi connectivity index (χ4n) is 2.88. The molecule has 3 rings (SSSR count). The number of ether oxygens (including phenoxy) is 1. The van der Waals surface area contributed by atoms with Crippen LogP contribution in [0, 0.1) is 0 Å².